The summed E-state index contributed by atoms with van der Waals surface area (Å²) in [6, 6.07) is 9.67. The summed E-state index contributed by atoms with van der Waals surface area (Å²) in [5, 5.41) is 11.6. The van der Waals surface area contributed by atoms with Gasteiger partial charge in [0.2, 0.25) is 0 Å². The molecule has 0 aliphatic carbocycles. The summed E-state index contributed by atoms with van der Waals surface area (Å²) in [4.78, 5) is 11.9. The Morgan fingerprint density at radius 1 is 1.33 bits per heavy atom. The average molecular weight is 313 g/mol. The summed E-state index contributed by atoms with van der Waals surface area (Å²) < 4.78 is 29.3. The third-order valence-electron chi connectivity index (χ3n) is 2.60. The Morgan fingerprint density at radius 2 is 2.14 bits per heavy atom. The van der Waals surface area contributed by atoms with E-state index in [0.29, 0.717) is 28.8 Å². The van der Waals surface area contributed by atoms with E-state index in [2.05, 4.69) is 5.32 Å². The molecule has 2 rings (SSSR count). The van der Waals surface area contributed by atoms with Gasteiger partial charge >= 0.3 is 0 Å². The molecule has 0 saturated carbocycles. The summed E-state index contributed by atoms with van der Waals surface area (Å²) in [5.74, 6) is -2.58. The predicted octanol–water partition coefficient (Wildman–Crippen LogP) is 3.48. The van der Waals surface area contributed by atoms with Gasteiger partial charge in [-0.15, -0.1) is 0 Å². The minimum absolute atomic E-state index is 0.00490. The maximum absolute atomic E-state index is 12.1. The molecule has 0 atom stereocenters. The van der Waals surface area contributed by atoms with Crippen LogP contribution in [0.5, 0.6) is 0 Å². The molecule has 1 amide bonds. The average Bonchev–Trinajstić information content (AvgIpc) is 2.94. The van der Waals surface area contributed by atoms with Crippen molar-refractivity contribution in [2.75, 3.05) is 5.32 Å². The number of hydrogen-bond donors (Lipinski definition) is 2. The smallest absolute Gasteiger partial charge is 0.291 e. The molecule has 0 unspecified atom stereocenters. The first kappa shape index (κ1) is 15.5. The van der Waals surface area contributed by atoms with Gasteiger partial charge in [0.15, 0.2) is 5.76 Å². The largest absolute Gasteiger partial charge is 0.455 e. The van der Waals surface area contributed by atoms with E-state index in [9.17, 15) is 13.6 Å². The lowest BCUT2D eigenvalue weighted by atomic mass is 10.2. The van der Waals surface area contributed by atoms with Crippen molar-refractivity contribution in [3.63, 3.8) is 0 Å². The Balaban J connectivity index is 1.99. The molecule has 0 saturated heterocycles. The maximum atomic E-state index is 12.1. The Bertz CT molecular complexity index is 616. The highest BCUT2D eigenvalue weighted by molar-refractivity contribution is 7.98. The summed E-state index contributed by atoms with van der Waals surface area (Å²) in [7, 11) is 0. The van der Waals surface area contributed by atoms with Crippen molar-refractivity contribution in [3.8, 4) is 0 Å². The van der Waals surface area contributed by atoms with E-state index in [1.165, 1.54) is 12.1 Å². The SMILES string of the molecule is O=C(Nc1cccc(CO)c1)c1ccc(CSC(F)F)o1. The van der Waals surface area contributed by atoms with Gasteiger partial charge < -0.3 is 14.8 Å². The number of halogens is 2. The molecule has 0 spiro atoms. The maximum Gasteiger partial charge on any atom is 0.291 e. The van der Waals surface area contributed by atoms with E-state index in [1.807, 2.05) is 0 Å². The third kappa shape index (κ3) is 4.57. The number of carbonyl (C=O) groups excluding carboxylic acids is 1. The second-order valence-electron chi connectivity index (χ2n) is 4.15. The Kier molecular flexibility index (Phi) is 5.35. The molecule has 1 heterocycles. The summed E-state index contributed by atoms with van der Waals surface area (Å²) >= 11 is 0.432. The quantitative estimate of drug-likeness (QED) is 0.857. The van der Waals surface area contributed by atoms with Crippen molar-refractivity contribution >= 4 is 23.4 Å². The van der Waals surface area contributed by atoms with E-state index >= 15 is 0 Å². The number of aliphatic hydroxyl groups excluding tert-OH is 1. The zero-order valence-electron chi connectivity index (χ0n) is 10.9. The van der Waals surface area contributed by atoms with Crippen molar-refractivity contribution in [3.05, 3.63) is 53.5 Å². The fourth-order valence-corrected chi connectivity index (χ4v) is 2.11. The van der Waals surface area contributed by atoms with Crippen LogP contribution in [0.3, 0.4) is 0 Å². The summed E-state index contributed by atoms with van der Waals surface area (Å²) in [6.07, 6.45) is 0. The van der Waals surface area contributed by atoms with E-state index in [1.54, 1.807) is 24.3 Å². The molecule has 0 fully saturated rings. The second kappa shape index (κ2) is 7.24. The number of anilines is 1. The molecular weight excluding hydrogens is 300 g/mol. The number of rotatable bonds is 6. The Hall–Kier alpha value is -1.86. The number of nitrogens with one attached hydrogen (secondary N) is 1. The predicted molar refractivity (Wildman–Crippen MR) is 76.3 cm³/mol. The number of alkyl halides is 2. The van der Waals surface area contributed by atoms with Gasteiger partial charge in [-0.1, -0.05) is 23.9 Å². The lowest BCUT2D eigenvalue weighted by Gasteiger charge is -2.04. The molecule has 112 valence electrons. The van der Waals surface area contributed by atoms with Crippen molar-refractivity contribution in [2.45, 2.75) is 18.1 Å². The molecule has 0 bridgehead atoms. The first-order valence-electron chi connectivity index (χ1n) is 6.08. The van der Waals surface area contributed by atoms with Gasteiger partial charge in [-0.2, -0.15) is 8.78 Å². The van der Waals surface area contributed by atoms with Crippen molar-refractivity contribution in [1.29, 1.82) is 0 Å². The van der Waals surface area contributed by atoms with E-state index in [0.717, 1.165) is 0 Å². The molecule has 0 aliphatic heterocycles. The molecular formula is C14H13F2NO3S. The first-order valence-corrected chi connectivity index (χ1v) is 7.13. The van der Waals surface area contributed by atoms with Crippen molar-refractivity contribution in [1.82, 2.24) is 0 Å². The van der Waals surface area contributed by atoms with Gasteiger partial charge in [0.05, 0.1) is 12.4 Å². The molecule has 21 heavy (non-hydrogen) atoms. The topological polar surface area (TPSA) is 62.5 Å². The summed E-state index contributed by atoms with van der Waals surface area (Å²) in [5.41, 5.74) is 1.19. The van der Waals surface area contributed by atoms with Crippen LogP contribution in [0.25, 0.3) is 0 Å². The number of hydrogen-bond acceptors (Lipinski definition) is 4. The van der Waals surface area contributed by atoms with E-state index in [-0.39, 0.29) is 18.1 Å². The Morgan fingerprint density at radius 3 is 2.86 bits per heavy atom. The normalized spacial score (nSPS) is 10.9. The standard InChI is InChI=1S/C14H13F2NO3S/c15-14(16)21-8-11-4-5-12(20-11)13(19)17-10-3-1-2-9(6-10)7-18/h1-6,14,18H,7-8H2,(H,17,19). The fraction of sp³-hybridized carbons (Fsp3) is 0.214. The number of benzene rings is 1. The van der Waals surface area contributed by atoms with Crippen LogP contribution in [-0.4, -0.2) is 16.8 Å². The lowest BCUT2D eigenvalue weighted by Crippen LogP contribution is -2.11. The van der Waals surface area contributed by atoms with Gasteiger partial charge in [0.1, 0.15) is 5.76 Å². The zero-order valence-corrected chi connectivity index (χ0v) is 11.7. The molecule has 2 N–H and O–H groups in total. The van der Waals surface area contributed by atoms with Gasteiger partial charge in [0, 0.05) is 5.69 Å². The van der Waals surface area contributed by atoms with Crippen LogP contribution < -0.4 is 5.32 Å². The number of carbonyl (C=O) groups is 1. The molecule has 1 aromatic carbocycles. The van der Waals surface area contributed by atoms with Gasteiger partial charge in [-0.05, 0) is 29.8 Å². The van der Waals surface area contributed by atoms with E-state index < -0.39 is 11.7 Å². The molecule has 1 aromatic heterocycles. The van der Waals surface area contributed by atoms with Gasteiger partial charge in [-0.3, -0.25) is 4.79 Å². The van der Waals surface area contributed by atoms with Crippen LogP contribution >= 0.6 is 11.8 Å². The molecule has 7 heteroatoms. The molecule has 0 radical (unpaired) electrons. The van der Waals surface area contributed by atoms with Crippen LogP contribution in [0.4, 0.5) is 14.5 Å². The number of amides is 1. The van der Waals surface area contributed by atoms with Crippen molar-refractivity contribution < 1.29 is 23.1 Å². The number of thioether (sulfide) groups is 1. The van der Waals surface area contributed by atoms with Crippen LogP contribution in [0.15, 0.2) is 40.8 Å². The minimum atomic E-state index is -2.48. The van der Waals surface area contributed by atoms with Crippen LogP contribution in [0.1, 0.15) is 21.9 Å². The minimum Gasteiger partial charge on any atom is -0.455 e. The van der Waals surface area contributed by atoms with E-state index in [4.69, 9.17) is 9.52 Å². The monoisotopic (exact) mass is 313 g/mol. The molecule has 0 aliphatic rings. The third-order valence-corrected chi connectivity index (χ3v) is 3.31. The molecule has 4 nitrogen and oxygen atoms in total. The lowest BCUT2D eigenvalue weighted by molar-refractivity contribution is 0.0995. The second-order valence-corrected chi connectivity index (χ2v) is 5.13. The summed E-state index contributed by atoms with van der Waals surface area (Å²) in [6.45, 7) is -0.126. The van der Waals surface area contributed by atoms with Crippen molar-refractivity contribution in [2.24, 2.45) is 0 Å². The van der Waals surface area contributed by atoms with Gasteiger partial charge in [0.25, 0.3) is 11.7 Å². The fourth-order valence-electron chi connectivity index (χ4n) is 1.66. The van der Waals surface area contributed by atoms with Crippen LogP contribution in [0.2, 0.25) is 0 Å². The van der Waals surface area contributed by atoms with Crippen LogP contribution in [-0.2, 0) is 12.4 Å². The number of furan rings is 1. The molecule has 2 aromatic rings. The van der Waals surface area contributed by atoms with Gasteiger partial charge in [-0.25, -0.2) is 0 Å². The van der Waals surface area contributed by atoms with Crippen LogP contribution in [0, 0.1) is 0 Å². The highest BCUT2D eigenvalue weighted by Crippen LogP contribution is 2.21. The zero-order chi connectivity index (χ0) is 15.2. The highest BCUT2D eigenvalue weighted by Gasteiger charge is 2.13. The number of aliphatic hydroxyl groups is 1. The highest BCUT2D eigenvalue weighted by atomic mass is 32.2. The Labute approximate surface area is 124 Å². The first-order chi connectivity index (χ1) is 10.1.